The van der Waals surface area contributed by atoms with E-state index in [-0.39, 0.29) is 12.0 Å². The van der Waals surface area contributed by atoms with Crippen LogP contribution in [0.25, 0.3) is 0 Å². The summed E-state index contributed by atoms with van der Waals surface area (Å²) in [5, 5.41) is 2.96. The molecule has 148 valence electrons. The van der Waals surface area contributed by atoms with Gasteiger partial charge in [-0.05, 0) is 44.5 Å². The van der Waals surface area contributed by atoms with E-state index in [4.69, 9.17) is 4.74 Å². The number of hydrogen-bond donors (Lipinski definition) is 1. The summed E-state index contributed by atoms with van der Waals surface area (Å²) in [7, 11) is 0. The molecule has 3 nitrogen and oxygen atoms in total. The van der Waals surface area contributed by atoms with Crippen LogP contribution in [0.5, 0.6) is 5.75 Å². The van der Waals surface area contributed by atoms with Crippen LogP contribution in [0.2, 0.25) is 0 Å². The summed E-state index contributed by atoms with van der Waals surface area (Å²) in [5.74, 6) is 0.946. The van der Waals surface area contributed by atoms with Crippen molar-refractivity contribution >= 4 is 11.6 Å². The zero-order chi connectivity index (χ0) is 19.0. The number of nitrogens with one attached hydrogen (secondary N) is 1. The number of amides is 1. The van der Waals surface area contributed by atoms with Crippen molar-refractivity contribution in [3.05, 3.63) is 24.3 Å². The molecule has 0 radical (unpaired) electrons. The zero-order valence-electron chi connectivity index (χ0n) is 17.2. The Morgan fingerprint density at radius 2 is 1.35 bits per heavy atom. The maximum atomic E-state index is 12.0. The van der Waals surface area contributed by atoms with Crippen molar-refractivity contribution < 1.29 is 9.53 Å². The van der Waals surface area contributed by atoms with Crippen LogP contribution in [0.15, 0.2) is 24.3 Å². The van der Waals surface area contributed by atoms with Gasteiger partial charge in [0.2, 0.25) is 5.91 Å². The summed E-state index contributed by atoms with van der Waals surface area (Å²) in [6.45, 7) is 6.27. The summed E-state index contributed by atoms with van der Waals surface area (Å²) < 4.78 is 5.61. The minimum absolute atomic E-state index is 0.110. The third-order valence-electron chi connectivity index (χ3n) is 4.52. The average Bonchev–Trinajstić information content (AvgIpc) is 2.61. The first-order valence-electron chi connectivity index (χ1n) is 10.7. The number of anilines is 1. The Morgan fingerprint density at radius 1 is 0.846 bits per heavy atom. The molecule has 0 unspecified atom stereocenters. The van der Waals surface area contributed by atoms with Gasteiger partial charge in [0.1, 0.15) is 5.75 Å². The maximum Gasteiger partial charge on any atom is 0.224 e. The third kappa shape index (κ3) is 11.9. The molecule has 1 aromatic rings. The third-order valence-corrected chi connectivity index (χ3v) is 4.52. The van der Waals surface area contributed by atoms with E-state index in [1.54, 1.807) is 0 Å². The molecule has 26 heavy (non-hydrogen) atoms. The van der Waals surface area contributed by atoms with Crippen LogP contribution in [0.3, 0.4) is 0 Å². The Kier molecular flexibility index (Phi) is 12.7. The van der Waals surface area contributed by atoms with Crippen LogP contribution in [0.4, 0.5) is 5.69 Å². The van der Waals surface area contributed by atoms with Crippen LogP contribution in [-0.4, -0.2) is 12.0 Å². The van der Waals surface area contributed by atoms with Gasteiger partial charge in [-0.15, -0.1) is 0 Å². The smallest absolute Gasteiger partial charge is 0.224 e. The first-order valence-corrected chi connectivity index (χ1v) is 10.7. The molecular formula is C23H39NO2. The van der Waals surface area contributed by atoms with Crippen molar-refractivity contribution in [1.29, 1.82) is 0 Å². The fourth-order valence-electron chi connectivity index (χ4n) is 3.06. The minimum Gasteiger partial charge on any atom is -0.491 e. The first kappa shape index (κ1) is 22.5. The standard InChI is InChI=1S/C23H39NO2/c1-4-5-6-7-8-9-10-11-12-13-14-15-23(25)24-21-16-18-22(19-17-21)26-20(2)3/h16-20H,4-15H2,1-3H3,(H,24,25). The van der Waals surface area contributed by atoms with E-state index in [0.29, 0.717) is 6.42 Å². The average molecular weight is 362 g/mol. The SMILES string of the molecule is CCCCCCCCCCCCCC(=O)Nc1ccc(OC(C)C)cc1. The van der Waals surface area contributed by atoms with Gasteiger partial charge in [0, 0.05) is 12.1 Å². The fraction of sp³-hybridized carbons (Fsp3) is 0.696. The van der Waals surface area contributed by atoms with E-state index < -0.39 is 0 Å². The van der Waals surface area contributed by atoms with Gasteiger partial charge >= 0.3 is 0 Å². The Morgan fingerprint density at radius 3 is 1.85 bits per heavy atom. The zero-order valence-corrected chi connectivity index (χ0v) is 17.2. The van der Waals surface area contributed by atoms with Crippen molar-refractivity contribution in [3.63, 3.8) is 0 Å². The Hall–Kier alpha value is -1.51. The largest absolute Gasteiger partial charge is 0.491 e. The summed E-state index contributed by atoms with van der Waals surface area (Å²) >= 11 is 0. The monoisotopic (exact) mass is 361 g/mol. The molecule has 0 aliphatic rings. The number of rotatable bonds is 15. The Bertz CT molecular complexity index is 468. The number of ether oxygens (including phenoxy) is 1. The lowest BCUT2D eigenvalue weighted by atomic mass is 10.1. The maximum absolute atomic E-state index is 12.0. The topological polar surface area (TPSA) is 38.3 Å². The van der Waals surface area contributed by atoms with E-state index in [9.17, 15) is 4.79 Å². The van der Waals surface area contributed by atoms with Crippen LogP contribution >= 0.6 is 0 Å². The van der Waals surface area contributed by atoms with Crippen molar-refractivity contribution in [2.45, 2.75) is 104 Å². The molecule has 0 saturated heterocycles. The van der Waals surface area contributed by atoms with Gasteiger partial charge in [-0.3, -0.25) is 4.79 Å². The Labute approximate surface area is 160 Å². The van der Waals surface area contributed by atoms with Crippen molar-refractivity contribution in [1.82, 2.24) is 0 Å². The van der Waals surface area contributed by atoms with Gasteiger partial charge in [-0.1, -0.05) is 71.1 Å². The van der Waals surface area contributed by atoms with Crippen LogP contribution in [0.1, 0.15) is 97.8 Å². The highest BCUT2D eigenvalue weighted by Gasteiger charge is 2.03. The number of carbonyl (C=O) groups excluding carboxylic acids is 1. The van der Waals surface area contributed by atoms with Crippen LogP contribution in [-0.2, 0) is 4.79 Å². The highest BCUT2D eigenvalue weighted by molar-refractivity contribution is 5.90. The molecule has 0 aromatic heterocycles. The lowest BCUT2D eigenvalue weighted by molar-refractivity contribution is -0.116. The molecule has 1 N–H and O–H groups in total. The molecule has 0 atom stereocenters. The van der Waals surface area contributed by atoms with Crippen molar-refractivity contribution in [3.8, 4) is 5.75 Å². The molecule has 3 heteroatoms. The number of hydrogen-bond acceptors (Lipinski definition) is 2. The van der Waals surface area contributed by atoms with Crippen molar-refractivity contribution in [2.24, 2.45) is 0 Å². The van der Waals surface area contributed by atoms with Gasteiger partial charge < -0.3 is 10.1 Å². The highest BCUT2D eigenvalue weighted by Crippen LogP contribution is 2.17. The molecule has 0 spiro atoms. The lowest BCUT2D eigenvalue weighted by Crippen LogP contribution is -2.11. The molecule has 0 bridgehead atoms. The second-order valence-electron chi connectivity index (χ2n) is 7.52. The minimum atomic E-state index is 0.110. The van der Waals surface area contributed by atoms with Crippen molar-refractivity contribution in [2.75, 3.05) is 5.32 Å². The van der Waals surface area contributed by atoms with Gasteiger partial charge in [0.15, 0.2) is 0 Å². The van der Waals surface area contributed by atoms with Gasteiger partial charge in [-0.25, -0.2) is 0 Å². The predicted octanol–water partition coefficient (Wildman–Crippen LogP) is 7.11. The summed E-state index contributed by atoms with van der Waals surface area (Å²) in [6.07, 6.45) is 15.1. The number of unbranched alkanes of at least 4 members (excludes halogenated alkanes) is 10. The quantitative estimate of drug-likeness (QED) is 0.338. The molecule has 1 aromatic carbocycles. The fourth-order valence-corrected chi connectivity index (χ4v) is 3.06. The second kappa shape index (κ2) is 14.6. The van der Waals surface area contributed by atoms with Crippen LogP contribution in [0, 0.1) is 0 Å². The molecule has 0 saturated carbocycles. The Balaban J connectivity index is 2.00. The molecular weight excluding hydrogens is 322 g/mol. The molecule has 0 heterocycles. The summed E-state index contributed by atoms with van der Waals surface area (Å²) in [5.41, 5.74) is 0.842. The summed E-state index contributed by atoms with van der Waals surface area (Å²) in [4.78, 5) is 12.0. The van der Waals surface area contributed by atoms with Gasteiger partial charge in [-0.2, -0.15) is 0 Å². The lowest BCUT2D eigenvalue weighted by Gasteiger charge is -2.10. The molecule has 0 aliphatic carbocycles. The van der Waals surface area contributed by atoms with E-state index in [2.05, 4.69) is 12.2 Å². The van der Waals surface area contributed by atoms with Gasteiger partial charge in [0.25, 0.3) is 0 Å². The predicted molar refractivity (Wildman–Crippen MR) is 112 cm³/mol. The van der Waals surface area contributed by atoms with E-state index >= 15 is 0 Å². The second-order valence-corrected chi connectivity index (χ2v) is 7.52. The summed E-state index contributed by atoms with van der Waals surface area (Å²) in [6, 6.07) is 7.60. The van der Waals surface area contributed by atoms with E-state index in [0.717, 1.165) is 24.3 Å². The molecule has 1 rings (SSSR count). The molecule has 1 amide bonds. The molecule has 0 fully saturated rings. The highest BCUT2D eigenvalue weighted by atomic mass is 16.5. The number of benzene rings is 1. The van der Waals surface area contributed by atoms with Gasteiger partial charge in [0.05, 0.1) is 6.10 Å². The molecule has 0 aliphatic heterocycles. The van der Waals surface area contributed by atoms with E-state index in [1.807, 2.05) is 38.1 Å². The van der Waals surface area contributed by atoms with Crippen LogP contribution < -0.4 is 10.1 Å². The van der Waals surface area contributed by atoms with E-state index in [1.165, 1.54) is 57.8 Å². The first-order chi connectivity index (χ1) is 12.6. The normalized spacial score (nSPS) is 10.9. The number of carbonyl (C=O) groups is 1.